The first-order valence-electron chi connectivity index (χ1n) is 8.87. The zero-order valence-corrected chi connectivity index (χ0v) is 16.4. The number of halogens is 1. The summed E-state index contributed by atoms with van der Waals surface area (Å²) in [6.07, 6.45) is 3.92. The van der Waals surface area contributed by atoms with E-state index in [1.807, 2.05) is 0 Å². The molecule has 1 unspecified atom stereocenters. The van der Waals surface area contributed by atoms with Crippen LogP contribution < -0.4 is 5.32 Å². The summed E-state index contributed by atoms with van der Waals surface area (Å²) in [6.45, 7) is 5.17. The van der Waals surface area contributed by atoms with Crippen LogP contribution in [-0.2, 0) is 14.8 Å². The number of nitrogens with zero attached hydrogens (tertiary/aromatic N) is 1. The second kappa shape index (κ2) is 9.01. The SMILES string of the molecule is CC(C)CCCN(C1CCCCNC1=O)S(=O)(=O)c1ccc(Cl)cc1. The molecule has 1 aromatic rings. The van der Waals surface area contributed by atoms with E-state index < -0.39 is 16.1 Å². The van der Waals surface area contributed by atoms with E-state index in [9.17, 15) is 13.2 Å². The minimum absolute atomic E-state index is 0.179. The van der Waals surface area contributed by atoms with Crippen molar-refractivity contribution in [2.24, 2.45) is 5.92 Å². The van der Waals surface area contributed by atoms with Crippen LogP contribution in [0.5, 0.6) is 0 Å². The van der Waals surface area contributed by atoms with Crippen LogP contribution in [0, 0.1) is 5.92 Å². The summed E-state index contributed by atoms with van der Waals surface area (Å²) >= 11 is 5.88. The number of nitrogens with one attached hydrogen (secondary N) is 1. The summed E-state index contributed by atoms with van der Waals surface area (Å²) in [5.74, 6) is 0.294. The largest absolute Gasteiger partial charge is 0.355 e. The van der Waals surface area contributed by atoms with E-state index >= 15 is 0 Å². The van der Waals surface area contributed by atoms with Gasteiger partial charge in [0.1, 0.15) is 6.04 Å². The molecule has 1 aliphatic heterocycles. The molecule has 1 fully saturated rings. The number of sulfonamides is 1. The summed E-state index contributed by atoms with van der Waals surface area (Å²) < 4.78 is 27.7. The molecule has 1 atom stereocenters. The maximum atomic E-state index is 13.2. The molecule has 25 heavy (non-hydrogen) atoms. The molecule has 1 N–H and O–H groups in total. The molecule has 1 aromatic carbocycles. The lowest BCUT2D eigenvalue weighted by molar-refractivity contribution is -0.124. The molecule has 0 spiro atoms. The molecule has 140 valence electrons. The fourth-order valence-electron chi connectivity index (χ4n) is 3.04. The fraction of sp³-hybridized carbons (Fsp3) is 0.611. The average molecular weight is 387 g/mol. The number of rotatable bonds is 7. The van der Waals surface area contributed by atoms with Gasteiger partial charge < -0.3 is 5.32 Å². The number of benzene rings is 1. The predicted octanol–water partition coefficient (Wildman–Crippen LogP) is 3.44. The predicted molar refractivity (Wildman–Crippen MR) is 100 cm³/mol. The number of amides is 1. The third-order valence-electron chi connectivity index (χ3n) is 4.43. The maximum absolute atomic E-state index is 13.2. The number of hydrogen-bond donors (Lipinski definition) is 1. The first-order chi connectivity index (χ1) is 11.8. The van der Waals surface area contributed by atoms with E-state index in [1.54, 1.807) is 12.1 Å². The van der Waals surface area contributed by atoms with Gasteiger partial charge in [0.2, 0.25) is 15.9 Å². The highest BCUT2D eigenvalue weighted by Gasteiger charge is 2.36. The Hall–Kier alpha value is -1.11. The van der Waals surface area contributed by atoms with Crippen LogP contribution in [-0.4, -0.2) is 37.8 Å². The smallest absolute Gasteiger partial charge is 0.243 e. The van der Waals surface area contributed by atoms with Gasteiger partial charge in [-0.3, -0.25) is 4.79 Å². The average Bonchev–Trinajstić information content (AvgIpc) is 2.76. The minimum atomic E-state index is -3.75. The van der Waals surface area contributed by atoms with Crippen molar-refractivity contribution >= 4 is 27.5 Å². The van der Waals surface area contributed by atoms with Gasteiger partial charge in [0.15, 0.2) is 0 Å². The van der Waals surface area contributed by atoms with Gasteiger partial charge in [-0.15, -0.1) is 0 Å². The molecule has 1 aliphatic rings. The Morgan fingerprint density at radius 3 is 2.56 bits per heavy atom. The zero-order valence-electron chi connectivity index (χ0n) is 14.9. The van der Waals surface area contributed by atoms with Crippen molar-refractivity contribution in [3.8, 4) is 0 Å². The highest BCUT2D eigenvalue weighted by molar-refractivity contribution is 7.89. The lowest BCUT2D eigenvalue weighted by Crippen LogP contribution is -2.49. The van der Waals surface area contributed by atoms with Crippen molar-refractivity contribution in [2.75, 3.05) is 13.1 Å². The molecule has 2 rings (SSSR count). The van der Waals surface area contributed by atoms with Crippen molar-refractivity contribution < 1.29 is 13.2 Å². The zero-order chi connectivity index (χ0) is 18.4. The molecule has 0 aliphatic carbocycles. The molecule has 7 heteroatoms. The van der Waals surface area contributed by atoms with E-state index in [2.05, 4.69) is 19.2 Å². The van der Waals surface area contributed by atoms with E-state index in [1.165, 1.54) is 16.4 Å². The van der Waals surface area contributed by atoms with Crippen LogP contribution >= 0.6 is 11.6 Å². The molecular formula is C18H27ClN2O3S. The highest BCUT2D eigenvalue weighted by Crippen LogP contribution is 2.24. The van der Waals surface area contributed by atoms with Gasteiger partial charge in [-0.25, -0.2) is 8.42 Å². The van der Waals surface area contributed by atoms with Crippen LogP contribution in [0.15, 0.2) is 29.2 Å². The normalized spacial score (nSPS) is 19.1. The standard InChI is InChI=1S/C18H27ClN2O3S/c1-14(2)6-5-13-21(17-7-3-4-12-20-18(17)22)25(23,24)16-10-8-15(19)9-11-16/h8-11,14,17H,3-7,12-13H2,1-2H3,(H,20,22). The van der Waals surface area contributed by atoms with Crippen molar-refractivity contribution in [3.63, 3.8) is 0 Å². The topological polar surface area (TPSA) is 66.5 Å². The number of carbonyl (C=O) groups excluding carboxylic acids is 1. The quantitative estimate of drug-likeness (QED) is 0.780. The number of hydrogen-bond acceptors (Lipinski definition) is 3. The van der Waals surface area contributed by atoms with Gasteiger partial charge in [-0.05, 0) is 62.3 Å². The summed E-state index contributed by atoms with van der Waals surface area (Å²) in [6, 6.07) is 5.49. The maximum Gasteiger partial charge on any atom is 0.243 e. The molecule has 1 amide bonds. The van der Waals surface area contributed by atoms with Gasteiger partial charge in [0, 0.05) is 18.1 Å². The van der Waals surface area contributed by atoms with E-state index in [4.69, 9.17) is 11.6 Å². The van der Waals surface area contributed by atoms with Crippen LogP contribution in [0.4, 0.5) is 0 Å². The van der Waals surface area contributed by atoms with E-state index in [0.717, 1.165) is 25.7 Å². The first kappa shape index (κ1) is 20.2. The van der Waals surface area contributed by atoms with Crippen molar-refractivity contribution in [3.05, 3.63) is 29.3 Å². The fourth-order valence-corrected chi connectivity index (χ4v) is 4.82. The third-order valence-corrected chi connectivity index (χ3v) is 6.61. The second-order valence-corrected chi connectivity index (χ2v) is 9.24. The summed E-state index contributed by atoms with van der Waals surface area (Å²) in [5, 5.41) is 3.32. The Kier molecular flexibility index (Phi) is 7.28. The lowest BCUT2D eigenvalue weighted by atomic mass is 10.1. The van der Waals surface area contributed by atoms with E-state index in [0.29, 0.717) is 30.5 Å². The van der Waals surface area contributed by atoms with Gasteiger partial charge in [-0.1, -0.05) is 25.4 Å². The Labute approximate surface area is 155 Å². The van der Waals surface area contributed by atoms with Gasteiger partial charge >= 0.3 is 0 Å². The molecule has 1 heterocycles. The number of carbonyl (C=O) groups is 1. The third kappa shape index (κ3) is 5.43. The summed E-state index contributed by atoms with van der Waals surface area (Å²) in [7, 11) is -3.75. The Morgan fingerprint density at radius 2 is 1.92 bits per heavy atom. The Balaban J connectivity index is 2.31. The van der Waals surface area contributed by atoms with Crippen LogP contribution in [0.3, 0.4) is 0 Å². The van der Waals surface area contributed by atoms with Crippen LogP contribution in [0.1, 0.15) is 46.0 Å². The molecule has 0 bridgehead atoms. The second-order valence-electron chi connectivity index (χ2n) is 6.91. The van der Waals surface area contributed by atoms with Gasteiger partial charge in [0.25, 0.3) is 0 Å². The van der Waals surface area contributed by atoms with Gasteiger partial charge in [0.05, 0.1) is 4.90 Å². The van der Waals surface area contributed by atoms with Crippen molar-refractivity contribution in [1.82, 2.24) is 9.62 Å². The molecule has 5 nitrogen and oxygen atoms in total. The van der Waals surface area contributed by atoms with Gasteiger partial charge in [-0.2, -0.15) is 4.31 Å². The molecule has 1 saturated heterocycles. The monoisotopic (exact) mass is 386 g/mol. The molecule has 0 saturated carbocycles. The summed E-state index contributed by atoms with van der Waals surface area (Å²) in [4.78, 5) is 12.6. The molecular weight excluding hydrogens is 360 g/mol. The van der Waals surface area contributed by atoms with Crippen molar-refractivity contribution in [1.29, 1.82) is 0 Å². The molecule has 0 aromatic heterocycles. The Morgan fingerprint density at radius 1 is 1.24 bits per heavy atom. The first-order valence-corrected chi connectivity index (χ1v) is 10.7. The minimum Gasteiger partial charge on any atom is -0.355 e. The lowest BCUT2D eigenvalue weighted by Gasteiger charge is -2.29. The van der Waals surface area contributed by atoms with Crippen molar-refractivity contribution in [2.45, 2.75) is 56.9 Å². The Bertz CT molecular complexity index is 674. The van der Waals surface area contributed by atoms with E-state index in [-0.39, 0.29) is 10.8 Å². The van der Waals surface area contributed by atoms with Crippen LogP contribution in [0.2, 0.25) is 5.02 Å². The highest BCUT2D eigenvalue weighted by atomic mass is 35.5. The van der Waals surface area contributed by atoms with Crippen LogP contribution in [0.25, 0.3) is 0 Å². The summed E-state index contributed by atoms with van der Waals surface area (Å²) in [5.41, 5.74) is 0. The molecule has 0 radical (unpaired) electrons.